The van der Waals surface area contributed by atoms with E-state index >= 15 is 0 Å². The van der Waals surface area contributed by atoms with Gasteiger partial charge in [0.25, 0.3) is 10.1 Å². The number of hydrogen-bond acceptors (Lipinski definition) is 3. The number of hydrogen-bond donors (Lipinski definition) is 0. The number of rotatable bonds is 4. The topological polar surface area (TPSA) is 43.4 Å². The molecule has 0 spiro atoms. The zero-order valence-electron chi connectivity index (χ0n) is 13.8. The van der Waals surface area contributed by atoms with E-state index in [1.807, 2.05) is 49.4 Å². The van der Waals surface area contributed by atoms with Crippen LogP contribution in [0.15, 0.2) is 59.5 Å². The van der Waals surface area contributed by atoms with Gasteiger partial charge in [-0.05, 0) is 62.1 Å². The molecule has 0 saturated heterocycles. The molecule has 0 heterocycles. The maximum Gasteiger partial charge on any atom is 0.297 e. The lowest BCUT2D eigenvalue weighted by Crippen LogP contribution is -2.37. The Balaban J connectivity index is 1.75. The zero-order chi connectivity index (χ0) is 16.8. The van der Waals surface area contributed by atoms with Crippen molar-refractivity contribution < 1.29 is 12.6 Å². The molecular weight excluding hydrogens is 320 g/mol. The summed E-state index contributed by atoms with van der Waals surface area (Å²) in [6.07, 6.45) is 4.10. The summed E-state index contributed by atoms with van der Waals surface area (Å²) < 4.78 is 31.9. The second kappa shape index (κ2) is 5.71. The van der Waals surface area contributed by atoms with Crippen LogP contribution in [0.1, 0.15) is 36.8 Å². The SMILES string of the molecule is Cc1ccc(S(=O)(=O)OC2(c3ccccc3)CC3CCC2C3)cc1. The Labute approximate surface area is 143 Å². The maximum absolute atomic E-state index is 12.9. The molecular formula is C20H22O3S. The molecule has 2 aliphatic rings. The van der Waals surface area contributed by atoms with Gasteiger partial charge < -0.3 is 0 Å². The van der Waals surface area contributed by atoms with Gasteiger partial charge >= 0.3 is 0 Å². The molecule has 2 aliphatic carbocycles. The van der Waals surface area contributed by atoms with Crippen LogP contribution in [0.3, 0.4) is 0 Å². The number of aryl methyl sites for hydroxylation is 1. The van der Waals surface area contributed by atoms with E-state index in [1.165, 1.54) is 6.42 Å². The largest absolute Gasteiger partial charge is 0.297 e. The predicted molar refractivity (Wildman–Crippen MR) is 93.0 cm³/mol. The summed E-state index contributed by atoms with van der Waals surface area (Å²) in [5.74, 6) is 0.855. The van der Waals surface area contributed by atoms with Gasteiger partial charge in [-0.15, -0.1) is 0 Å². The van der Waals surface area contributed by atoms with Crippen LogP contribution in [-0.2, 0) is 19.9 Å². The van der Waals surface area contributed by atoms with E-state index in [4.69, 9.17) is 4.18 Å². The second-order valence-corrected chi connectivity index (χ2v) is 8.73. The van der Waals surface area contributed by atoms with Crippen LogP contribution in [0.2, 0.25) is 0 Å². The molecule has 2 saturated carbocycles. The van der Waals surface area contributed by atoms with Crippen molar-refractivity contribution in [3.05, 3.63) is 65.7 Å². The van der Waals surface area contributed by atoms with Crippen molar-refractivity contribution in [3.8, 4) is 0 Å². The van der Waals surface area contributed by atoms with E-state index in [2.05, 4.69) is 0 Å². The van der Waals surface area contributed by atoms with E-state index in [-0.39, 0.29) is 10.8 Å². The van der Waals surface area contributed by atoms with E-state index in [0.29, 0.717) is 5.92 Å². The van der Waals surface area contributed by atoms with Gasteiger partial charge in [-0.25, -0.2) is 0 Å². The molecule has 0 amide bonds. The van der Waals surface area contributed by atoms with Crippen molar-refractivity contribution in [2.75, 3.05) is 0 Å². The standard InChI is InChI=1S/C20H22O3S/c1-15-7-11-19(12-8-15)24(21,22)23-20(17-5-3-2-4-6-17)14-16-9-10-18(20)13-16/h2-8,11-12,16,18H,9-10,13-14H2,1H3. The minimum Gasteiger partial charge on any atom is -0.255 e. The highest BCUT2D eigenvalue weighted by atomic mass is 32.2. The van der Waals surface area contributed by atoms with Crippen LogP contribution in [0.25, 0.3) is 0 Å². The number of benzene rings is 2. The smallest absolute Gasteiger partial charge is 0.255 e. The van der Waals surface area contributed by atoms with Crippen molar-refractivity contribution >= 4 is 10.1 Å². The monoisotopic (exact) mass is 342 g/mol. The average molecular weight is 342 g/mol. The summed E-state index contributed by atoms with van der Waals surface area (Å²) >= 11 is 0. The molecule has 3 nitrogen and oxygen atoms in total. The minimum atomic E-state index is -3.79. The molecule has 0 N–H and O–H groups in total. The lowest BCUT2D eigenvalue weighted by molar-refractivity contribution is 0.0153. The highest BCUT2D eigenvalue weighted by Gasteiger charge is 2.55. The number of fused-ring (bicyclic) bond motifs is 2. The fraction of sp³-hybridized carbons (Fsp3) is 0.400. The third-order valence-corrected chi connectivity index (χ3v) is 6.99. The summed E-state index contributed by atoms with van der Waals surface area (Å²) in [7, 11) is -3.79. The van der Waals surface area contributed by atoms with Gasteiger partial charge in [0.2, 0.25) is 0 Å². The minimum absolute atomic E-state index is 0.242. The first kappa shape index (κ1) is 15.9. The molecule has 0 radical (unpaired) electrons. The third-order valence-electron chi connectivity index (χ3n) is 5.62. The van der Waals surface area contributed by atoms with Gasteiger partial charge in [0.1, 0.15) is 5.60 Å². The Bertz CT molecular complexity index is 827. The quantitative estimate of drug-likeness (QED) is 0.773. The van der Waals surface area contributed by atoms with Crippen molar-refractivity contribution in [2.45, 2.75) is 43.1 Å². The van der Waals surface area contributed by atoms with Crippen molar-refractivity contribution in [1.29, 1.82) is 0 Å². The lowest BCUT2D eigenvalue weighted by atomic mass is 9.79. The van der Waals surface area contributed by atoms with Gasteiger partial charge in [0, 0.05) is 0 Å². The summed E-state index contributed by atoms with van der Waals surface area (Å²) in [4.78, 5) is 0.242. The third kappa shape index (κ3) is 2.58. The van der Waals surface area contributed by atoms with Gasteiger partial charge in [0.15, 0.2) is 0 Å². The Morgan fingerprint density at radius 1 is 1.00 bits per heavy atom. The predicted octanol–water partition coefficient (Wildman–Crippen LogP) is 4.42. The molecule has 4 rings (SSSR count). The Morgan fingerprint density at radius 3 is 2.29 bits per heavy atom. The fourth-order valence-electron chi connectivity index (χ4n) is 4.45. The van der Waals surface area contributed by atoms with Gasteiger partial charge in [-0.1, -0.05) is 48.0 Å². The van der Waals surface area contributed by atoms with Crippen LogP contribution in [-0.4, -0.2) is 8.42 Å². The Hall–Kier alpha value is -1.65. The molecule has 3 atom stereocenters. The summed E-state index contributed by atoms with van der Waals surface area (Å²) in [5.41, 5.74) is 1.33. The van der Waals surface area contributed by atoms with Crippen LogP contribution < -0.4 is 0 Å². The lowest BCUT2D eigenvalue weighted by Gasteiger charge is -2.37. The summed E-state index contributed by atoms with van der Waals surface area (Å²) in [6, 6.07) is 16.8. The molecule has 4 heteroatoms. The zero-order valence-corrected chi connectivity index (χ0v) is 14.6. The van der Waals surface area contributed by atoms with Crippen LogP contribution in [0, 0.1) is 18.8 Å². The van der Waals surface area contributed by atoms with E-state index in [0.717, 1.165) is 30.4 Å². The first-order chi connectivity index (χ1) is 11.5. The first-order valence-corrected chi connectivity index (χ1v) is 9.98. The van der Waals surface area contributed by atoms with Gasteiger partial charge in [-0.2, -0.15) is 8.42 Å². The second-order valence-electron chi connectivity index (χ2n) is 7.19. The highest BCUT2D eigenvalue weighted by molar-refractivity contribution is 7.86. The molecule has 2 bridgehead atoms. The maximum atomic E-state index is 12.9. The molecule has 126 valence electrons. The molecule has 24 heavy (non-hydrogen) atoms. The molecule has 0 aromatic heterocycles. The van der Waals surface area contributed by atoms with Crippen molar-refractivity contribution in [2.24, 2.45) is 11.8 Å². The van der Waals surface area contributed by atoms with E-state index in [9.17, 15) is 8.42 Å². The van der Waals surface area contributed by atoms with Crippen LogP contribution in [0.5, 0.6) is 0 Å². The normalized spacial score (nSPS) is 29.0. The summed E-state index contributed by atoms with van der Waals surface area (Å²) in [5, 5.41) is 0. The summed E-state index contributed by atoms with van der Waals surface area (Å²) in [6.45, 7) is 1.94. The van der Waals surface area contributed by atoms with E-state index in [1.54, 1.807) is 12.1 Å². The molecule has 2 aromatic carbocycles. The Kier molecular flexibility index (Phi) is 3.77. The van der Waals surface area contributed by atoms with Gasteiger partial charge in [0.05, 0.1) is 4.90 Å². The first-order valence-electron chi connectivity index (χ1n) is 8.57. The molecule has 3 unspecified atom stereocenters. The highest BCUT2D eigenvalue weighted by Crippen LogP contribution is 2.58. The fourth-order valence-corrected chi connectivity index (χ4v) is 5.71. The van der Waals surface area contributed by atoms with Crippen LogP contribution in [0.4, 0.5) is 0 Å². The molecule has 2 aromatic rings. The van der Waals surface area contributed by atoms with Crippen molar-refractivity contribution in [3.63, 3.8) is 0 Å². The van der Waals surface area contributed by atoms with E-state index < -0.39 is 15.7 Å². The molecule has 2 fully saturated rings. The molecule has 0 aliphatic heterocycles. The van der Waals surface area contributed by atoms with Gasteiger partial charge in [-0.3, -0.25) is 4.18 Å². The van der Waals surface area contributed by atoms with Crippen molar-refractivity contribution in [1.82, 2.24) is 0 Å². The van der Waals surface area contributed by atoms with Crippen LogP contribution >= 0.6 is 0 Å². The Morgan fingerprint density at radius 2 is 1.71 bits per heavy atom. The average Bonchev–Trinajstić information content (AvgIpc) is 3.17.